The Morgan fingerprint density at radius 3 is 3.20 bits per heavy atom. The van der Waals surface area contributed by atoms with Crippen molar-refractivity contribution in [3.05, 3.63) is 48.4 Å². The molecule has 0 saturated carbocycles. The van der Waals surface area contributed by atoms with Crippen LogP contribution in [-0.2, 0) is 6.42 Å². The van der Waals surface area contributed by atoms with E-state index in [1.54, 1.807) is 16.8 Å². The Morgan fingerprint density at radius 2 is 2.35 bits per heavy atom. The first kappa shape index (κ1) is 12.3. The highest BCUT2D eigenvalue weighted by molar-refractivity contribution is 5.93. The molecule has 102 valence electrons. The molecule has 1 N–H and O–H groups in total. The third kappa shape index (κ3) is 2.66. The average molecular weight is 271 g/mol. The number of hydrogen-bond donors (Lipinski definition) is 1. The fourth-order valence-electron chi connectivity index (χ4n) is 1.88. The van der Waals surface area contributed by atoms with Crippen molar-refractivity contribution in [1.29, 1.82) is 0 Å². The highest BCUT2D eigenvalue weighted by Gasteiger charge is 2.05. The predicted molar refractivity (Wildman–Crippen MR) is 70.1 cm³/mol. The molecule has 3 heterocycles. The largest absolute Gasteiger partial charge is 0.472 e. The van der Waals surface area contributed by atoms with Gasteiger partial charge in [0.1, 0.15) is 12.6 Å². The molecule has 0 aliphatic carbocycles. The van der Waals surface area contributed by atoms with Crippen LogP contribution in [0.4, 0.5) is 0 Å². The average Bonchev–Trinajstić information content (AvgIpc) is 3.13. The van der Waals surface area contributed by atoms with Crippen LogP contribution in [0.5, 0.6) is 0 Å². The molecule has 0 aliphatic rings. The van der Waals surface area contributed by atoms with Crippen molar-refractivity contribution in [1.82, 2.24) is 24.9 Å². The maximum atomic E-state index is 11.7. The summed E-state index contributed by atoms with van der Waals surface area (Å²) in [5.41, 5.74) is 1.59. The maximum Gasteiger partial charge on any atom is 0.254 e. The molecule has 7 heteroatoms. The van der Waals surface area contributed by atoms with Gasteiger partial charge < -0.3 is 9.73 Å². The highest BCUT2D eigenvalue weighted by atomic mass is 16.3. The highest BCUT2D eigenvalue weighted by Crippen LogP contribution is 2.03. The summed E-state index contributed by atoms with van der Waals surface area (Å²) < 4.78 is 6.50. The van der Waals surface area contributed by atoms with E-state index in [1.165, 1.54) is 18.9 Å². The SMILES string of the molecule is O=C(NCCCc1cnc2ncnn2c1)c1ccoc1. The number of fused-ring (bicyclic) bond motifs is 1. The van der Waals surface area contributed by atoms with Gasteiger partial charge in [-0.05, 0) is 24.5 Å². The van der Waals surface area contributed by atoms with E-state index < -0.39 is 0 Å². The van der Waals surface area contributed by atoms with Crippen molar-refractivity contribution >= 4 is 11.7 Å². The standard InChI is InChI=1S/C13H13N5O2/c19-12(11-3-5-20-8-11)14-4-1-2-10-6-15-13-16-9-17-18(13)7-10/h3,5-9H,1-2,4H2,(H,14,19). The van der Waals surface area contributed by atoms with Gasteiger partial charge in [0.2, 0.25) is 0 Å². The molecule has 0 radical (unpaired) electrons. The van der Waals surface area contributed by atoms with Gasteiger partial charge in [0.05, 0.1) is 11.8 Å². The number of aromatic nitrogens is 4. The Labute approximate surface area is 114 Å². The van der Waals surface area contributed by atoms with Gasteiger partial charge in [0.25, 0.3) is 11.7 Å². The second-order valence-corrected chi connectivity index (χ2v) is 4.34. The van der Waals surface area contributed by atoms with Crippen LogP contribution in [0.25, 0.3) is 5.78 Å². The first-order valence-electron chi connectivity index (χ1n) is 6.27. The molecule has 0 unspecified atom stereocenters. The van der Waals surface area contributed by atoms with E-state index in [-0.39, 0.29) is 5.91 Å². The summed E-state index contributed by atoms with van der Waals surface area (Å²) in [4.78, 5) is 19.8. The van der Waals surface area contributed by atoms with Crippen molar-refractivity contribution in [3.63, 3.8) is 0 Å². The van der Waals surface area contributed by atoms with Gasteiger partial charge in [0, 0.05) is 18.9 Å². The van der Waals surface area contributed by atoms with E-state index in [9.17, 15) is 4.79 Å². The molecule has 0 saturated heterocycles. The summed E-state index contributed by atoms with van der Waals surface area (Å²) >= 11 is 0. The minimum atomic E-state index is -0.122. The van der Waals surface area contributed by atoms with Crippen molar-refractivity contribution in [2.24, 2.45) is 0 Å². The second kappa shape index (κ2) is 5.52. The molecule has 3 aromatic rings. The summed E-state index contributed by atoms with van der Waals surface area (Å²) in [6.07, 6.45) is 9.69. The van der Waals surface area contributed by atoms with Gasteiger partial charge in [-0.15, -0.1) is 0 Å². The summed E-state index contributed by atoms with van der Waals surface area (Å²) in [5.74, 6) is 0.464. The van der Waals surface area contributed by atoms with Crippen LogP contribution in [0.2, 0.25) is 0 Å². The number of nitrogens with one attached hydrogen (secondary N) is 1. The van der Waals surface area contributed by atoms with Crippen LogP contribution >= 0.6 is 0 Å². The molecule has 3 aromatic heterocycles. The van der Waals surface area contributed by atoms with Gasteiger partial charge in [-0.25, -0.2) is 9.50 Å². The van der Waals surface area contributed by atoms with E-state index in [1.807, 2.05) is 6.20 Å². The smallest absolute Gasteiger partial charge is 0.254 e. The molecule has 20 heavy (non-hydrogen) atoms. The minimum Gasteiger partial charge on any atom is -0.472 e. The molecule has 0 atom stereocenters. The van der Waals surface area contributed by atoms with Crippen molar-refractivity contribution in [2.45, 2.75) is 12.8 Å². The number of furan rings is 1. The monoisotopic (exact) mass is 271 g/mol. The Bertz CT molecular complexity index is 704. The number of carbonyl (C=O) groups is 1. The van der Waals surface area contributed by atoms with Gasteiger partial charge in [-0.1, -0.05) is 0 Å². The lowest BCUT2D eigenvalue weighted by Gasteiger charge is -2.03. The maximum absolute atomic E-state index is 11.7. The second-order valence-electron chi connectivity index (χ2n) is 4.34. The molecule has 0 spiro atoms. The van der Waals surface area contributed by atoms with Gasteiger partial charge in [-0.3, -0.25) is 4.79 Å². The molecular formula is C13H13N5O2. The van der Waals surface area contributed by atoms with Gasteiger partial charge in [-0.2, -0.15) is 10.1 Å². The first-order chi connectivity index (χ1) is 9.83. The number of hydrogen-bond acceptors (Lipinski definition) is 5. The number of nitrogens with zero attached hydrogens (tertiary/aromatic N) is 4. The van der Waals surface area contributed by atoms with E-state index in [0.717, 1.165) is 18.4 Å². The van der Waals surface area contributed by atoms with E-state index >= 15 is 0 Å². The lowest BCUT2D eigenvalue weighted by Crippen LogP contribution is -2.24. The van der Waals surface area contributed by atoms with E-state index in [0.29, 0.717) is 17.9 Å². The fraction of sp³-hybridized carbons (Fsp3) is 0.231. The zero-order valence-electron chi connectivity index (χ0n) is 10.7. The Morgan fingerprint density at radius 1 is 1.40 bits per heavy atom. The molecule has 7 nitrogen and oxygen atoms in total. The fourth-order valence-corrected chi connectivity index (χ4v) is 1.88. The Hall–Kier alpha value is -2.70. The molecule has 0 aliphatic heterocycles. The van der Waals surface area contributed by atoms with Crippen LogP contribution in [0.3, 0.4) is 0 Å². The molecule has 1 amide bonds. The third-order valence-corrected chi connectivity index (χ3v) is 2.90. The lowest BCUT2D eigenvalue weighted by atomic mass is 10.2. The van der Waals surface area contributed by atoms with Crippen LogP contribution in [0.15, 0.2) is 41.7 Å². The van der Waals surface area contributed by atoms with Crippen molar-refractivity contribution < 1.29 is 9.21 Å². The lowest BCUT2D eigenvalue weighted by molar-refractivity contribution is 0.0952. The quantitative estimate of drug-likeness (QED) is 0.702. The van der Waals surface area contributed by atoms with E-state index in [4.69, 9.17) is 4.42 Å². The van der Waals surface area contributed by atoms with Crippen LogP contribution in [0, 0.1) is 0 Å². The van der Waals surface area contributed by atoms with Crippen LogP contribution < -0.4 is 5.32 Å². The van der Waals surface area contributed by atoms with Crippen molar-refractivity contribution in [2.75, 3.05) is 6.54 Å². The zero-order chi connectivity index (χ0) is 13.8. The summed E-state index contributed by atoms with van der Waals surface area (Å²) in [6.45, 7) is 0.597. The Balaban J connectivity index is 1.49. The van der Waals surface area contributed by atoms with Gasteiger partial charge in [0.15, 0.2) is 0 Å². The molecule has 3 rings (SSSR count). The minimum absolute atomic E-state index is 0.122. The van der Waals surface area contributed by atoms with Crippen LogP contribution in [-0.4, -0.2) is 32.0 Å². The normalized spacial score (nSPS) is 10.8. The predicted octanol–water partition coefficient (Wildman–Crippen LogP) is 1.08. The van der Waals surface area contributed by atoms with E-state index in [2.05, 4.69) is 20.4 Å². The molecule has 0 fully saturated rings. The first-order valence-corrected chi connectivity index (χ1v) is 6.27. The van der Waals surface area contributed by atoms with Crippen LogP contribution in [0.1, 0.15) is 22.3 Å². The number of rotatable bonds is 5. The summed E-state index contributed by atoms with van der Waals surface area (Å²) in [7, 11) is 0. The summed E-state index contributed by atoms with van der Waals surface area (Å²) in [6, 6.07) is 1.64. The number of amides is 1. The molecule has 0 aromatic carbocycles. The topological polar surface area (TPSA) is 85.3 Å². The Kier molecular flexibility index (Phi) is 3.40. The molecular weight excluding hydrogens is 258 g/mol. The third-order valence-electron chi connectivity index (χ3n) is 2.90. The number of aryl methyl sites for hydroxylation is 1. The van der Waals surface area contributed by atoms with Crippen molar-refractivity contribution in [3.8, 4) is 0 Å². The number of carbonyl (C=O) groups excluding carboxylic acids is 1. The summed E-state index contributed by atoms with van der Waals surface area (Å²) in [5, 5.41) is 6.87. The zero-order valence-corrected chi connectivity index (χ0v) is 10.7. The van der Waals surface area contributed by atoms with Gasteiger partial charge >= 0.3 is 0 Å². The molecule has 0 bridgehead atoms.